The quantitative estimate of drug-likeness (QED) is 0.777. The zero-order chi connectivity index (χ0) is 21.3. The normalized spacial score (nSPS) is 22.8. The van der Waals surface area contributed by atoms with Gasteiger partial charge in [-0.3, -0.25) is 4.79 Å². The van der Waals surface area contributed by atoms with Crippen molar-refractivity contribution >= 4 is 17.8 Å². The predicted molar refractivity (Wildman–Crippen MR) is 104 cm³/mol. The van der Waals surface area contributed by atoms with Crippen molar-refractivity contribution in [2.45, 2.75) is 62.8 Å². The number of piperidine rings is 1. The number of carbonyl (C=O) groups excluding carboxylic acids is 2. The summed E-state index contributed by atoms with van der Waals surface area (Å²) >= 11 is 0. The van der Waals surface area contributed by atoms with E-state index in [4.69, 9.17) is 0 Å². The number of likely N-dealkylation sites (tertiary alicyclic amines) is 1. The van der Waals surface area contributed by atoms with Crippen LogP contribution in [0.3, 0.4) is 0 Å². The highest BCUT2D eigenvalue weighted by molar-refractivity contribution is 5.88. The first-order valence-electron chi connectivity index (χ1n) is 10.5. The number of pyridine rings is 1. The highest BCUT2D eigenvalue weighted by atomic mass is 19.4. The number of amides is 3. The number of nitrogens with one attached hydrogen (secondary N) is 2. The molecule has 7 nitrogen and oxygen atoms in total. The lowest BCUT2D eigenvalue weighted by Crippen LogP contribution is -2.53. The summed E-state index contributed by atoms with van der Waals surface area (Å²) in [6.07, 6.45) is 1.31. The lowest BCUT2D eigenvalue weighted by atomic mass is 10.1. The first-order chi connectivity index (χ1) is 14.3. The van der Waals surface area contributed by atoms with Crippen LogP contribution in [0.25, 0.3) is 0 Å². The van der Waals surface area contributed by atoms with E-state index in [-0.39, 0.29) is 24.0 Å². The molecule has 2 saturated heterocycles. The number of anilines is 1. The maximum absolute atomic E-state index is 12.7. The second-order valence-corrected chi connectivity index (χ2v) is 8.25. The summed E-state index contributed by atoms with van der Waals surface area (Å²) < 4.78 is 38.0. The molecule has 1 aromatic heterocycles. The number of halogens is 3. The highest BCUT2D eigenvalue weighted by Crippen LogP contribution is 2.30. The van der Waals surface area contributed by atoms with Gasteiger partial charge in [-0.2, -0.15) is 13.2 Å². The largest absolute Gasteiger partial charge is 0.417 e. The minimum Gasteiger partial charge on any atom is -0.356 e. The van der Waals surface area contributed by atoms with E-state index >= 15 is 0 Å². The molecule has 0 spiro atoms. The number of carbonyl (C=O) groups is 2. The molecule has 4 rings (SSSR count). The van der Waals surface area contributed by atoms with Gasteiger partial charge in [0.25, 0.3) is 0 Å². The summed E-state index contributed by atoms with van der Waals surface area (Å²) in [5, 5.41) is 6.00. The number of aromatic nitrogens is 1. The summed E-state index contributed by atoms with van der Waals surface area (Å²) in [7, 11) is 0. The van der Waals surface area contributed by atoms with E-state index in [1.165, 1.54) is 6.07 Å². The van der Waals surface area contributed by atoms with Gasteiger partial charge in [0.1, 0.15) is 11.9 Å². The van der Waals surface area contributed by atoms with Crippen LogP contribution in [0.15, 0.2) is 18.3 Å². The predicted octanol–water partition coefficient (Wildman–Crippen LogP) is 2.52. The van der Waals surface area contributed by atoms with Crippen LogP contribution in [-0.2, 0) is 11.0 Å². The van der Waals surface area contributed by atoms with E-state index in [2.05, 4.69) is 15.6 Å². The van der Waals surface area contributed by atoms with Crippen LogP contribution in [0.4, 0.5) is 23.8 Å². The Balaban J connectivity index is 1.27. The zero-order valence-electron chi connectivity index (χ0n) is 16.6. The Morgan fingerprint density at radius 3 is 2.27 bits per heavy atom. The number of hydrogen-bond acceptors (Lipinski definition) is 4. The number of nitrogens with zero attached hydrogens (tertiary/aromatic N) is 3. The maximum Gasteiger partial charge on any atom is 0.417 e. The Kier molecular flexibility index (Phi) is 5.75. The van der Waals surface area contributed by atoms with Gasteiger partial charge >= 0.3 is 12.2 Å². The average Bonchev–Trinajstić information content (AvgIpc) is 3.39. The first-order valence-corrected chi connectivity index (χ1v) is 10.5. The van der Waals surface area contributed by atoms with Crippen molar-refractivity contribution in [2.24, 2.45) is 0 Å². The van der Waals surface area contributed by atoms with Gasteiger partial charge in [-0.15, -0.1) is 0 Å². The molecule has 1 atom stereocenters. The fourth-order valence-electron chi connectivity index (χ4n) is 4.06. The van der Waals surface area contributed by atoms with Crippen LogP contribution < -0.4 is 15.5 Å². The summed E-state index contributed by atoms with van der Waals surface area (Å²) in [5.41, 5.74) is -0.765. The van der Waals surface area contributed by atoms with Gasteiger partial charge in [-0.25, -0.2) is 9.78 Å². The van der Waals surface area contributed by atoms with Crippen molar-refractivity contribution in [3.8, 4) is 0 Å². The number of urea groups is 1. The van der Waals surface area contributed by atoms with Crippen LogP contribution in [0, 0.1) is 0 Å². The molecule has 10 heteroatoms. The van der Waals surface area contributed by atoms with Gasteiger partial charge in [0, 0.05) is 37.9 Å². The molecule has 3 aliphatic rings. The van der Waals surface area contributed by atoms with Crippen LogP contribution >= 0.6 is 0 Å². The molecule has 1 unspecified atom stereocenters. The van der Waals surface area contributed by atoms with Crippen molar-refractivity contribution < 1.29 is 22.8 Å². The van der Waals surface area contributed by atoms with Crippen molar-refractivity contribution in [3.63, 3.8) is 0 Å². The van der Waals surface area contributed by atoms with Crippen molar-refractivity contribution in [1.82, 2.24) is 20.5 Å². The molecule has 3 amide bonds. The molecular weight excluding hydrogens is 399 g/mol. The molecule has 0 radical (unpaired) electrons. The molecule has 1 aliphatic carbocycles. The number of hydrogen-bond donors (Lipinski definition) is 2. The van der Waals surface area contributed by atoms with E-state index in [9.17, 15) is 22.8 Å². The summed E-state index contributed by atoms with van der Waals surface area (Å²) in [6, 6.07) is 2.05. The first kappa shape index (κ1) is 20.7. The average molecular weight is 425 g/mol. The fraction of sp³-hybridized carbons (Fsp3) is 0.650. The Morgan fingerprint density at radius 1 is 0.967 bits per heavy atom. The lowest BCUT2D eigenvalue weighted by Gasteiger charge is -2.34. The second-order valence-electron chi connectivity index (χ2n) is 8.25. The topological polar surface area (TPSA) is 77.6 Å². The standard InChI is InChI=1S/C20H26F3N5O2/c21-20(22,23)13-3-6-17(24-12-13)27-10-7-15(8-11-27)26-19(30)28-9-1-2-16(28)18(29)25-14-4-5-14/h3,6,12,14-16H,1-2,4-5,7-11H2,(H,25,29)(H,26,30). The minimum atomic E-state index is -4.40. The van der Waals surface area contributed by atoms with Gasteiger partial charge in [0.15, 0.2) is 0 Å². The second kappa shape index (κ2) is 8.31. The molecule has 2 N–H and O–H groups in total. The molecule has 30 heavy (non-hydrogen) atoms. The number of rotatable bonds is 4. The van der Waals surface area contributed by atoms with Gasteiger partial charge in [0.2, 0.25) is 5.91 Å². The van der Waals surface area contributed by atoms with Crippen molar-refractivity contribution in [1.29, 1.82) is 0 Å². The van der Waals surface area contributed by atoms with Crippen molar-refractivity contribution in [2.75, 3.05) is 24.5 Å². The minimum absolute atomic E-state index is 0.0315. The van der Waals surface area contributed by atoms with Crippen LogP contribution in [-0.4, -0.2) is 59.6 Å². The molecule has 1 aromatic rings. The van der Waals surface area contributed by atoms with Gasteiger partial charge in [0.05, 0.1) is 5.56 Å². The van der Waals surface area contributed by atoms with E-state index in [1.807, 2.05) is 4.90 Å². The van der Waals surface area contributed by atoms with E-state index in [0.717, 1.165) is 31.5 Å². The van der Waals surface area contributed by atoms with Crippen LogP contribution in [0.5, 0.6) is 0 Å². The Hall–Kier alpha value is -2.52. The van der Waals surface area contributed by atoms with Crippen molar-refractivity contribution in [3.05, 3.63) is 23.9 Å². The van der Waals surface area contributed by atoms with Crippen LogP contribution in [0.2, 0.25) is 0 Å². The fourth-order valence-corrected chi connectivity index (χ4v) is 4.06. The van der Waals surface area contributed by atoms with Gasteiger partial charge in [-0.1, -0.05) is 0 Å². The van der Waals surface area contributed by atoms with E-state index < -0.39 is 17.8 Å². The van der Waals surface area contributed by atoms with E-state index in [0.29, 0.717) is 44.7 Å². The number of alkyl halides is 3. The Bertz CT molecular complexity index is 774. The molecule has 3 fully saturated rings. The molecule has 1 saturated carbocycles. The summed E-state index contributed by atoms with van der Waals surface area (Å²) in [5.74, 6) is 0.442. The molecule has 0 aromatic carbocycles. The Morgan fingerprint density at radius 2 is 1.67 bits per heavy atom. The van der Waals surface area contributed by atoms with Gasteiger partial charge < -0.3 is 20.4 Å². The van der Waals surface area contributed by atoms with Gasteiger partial charge in [-0.05, 0) is 50.7 Å². The molecular formula is C20H26F3N5O2. The molecule has 164 valence electrons. The summed E-state index contributed by atoms with van der Waals surface area (Å²) in [6.45, 7) is 1.76. The third-order valence-corrected chi connectivity index (χ3v) is 5.96. The van der Waals surface area contributed by atoms with Crippen LogP contribution in [0.1, 0.15) is 44.1 Å². The van der Waals surface area contributed by atoms with E-state index in [1.54, 1.807) is 4.90 Å². The third-order valence-electron chi connectivity index (χ3n) is 5.96. The lowest BCUT2D eigenvalue weighted by molar-refractivity contribution is -0.137. The zero-order valence-corrected chi connectivity index (χ0v) is 16.6. The molecule has 3 heterocycles. The molecule has 2 aliphatic heterocycles. The maximum atomic E-state index is 12.7. The third kappa shape index (κ3) is 4.79. The summed E-state index contributed by atoms with van der Waals surface area (Å²) in [4.78, 5) is 32.6. The monoisotopic (exact) mass is 425 g/mol. The molecule has 0 bridgehead atoms. The highest BCUT2D eigenvalue weighted by Gasteiger charge is 2.37. The SMILES string of the molecule is O=C(NC1CC1)C1CCCN1C(=O)NC1CCN(c2ccc(C(F)(F)F)cn2)CC1. The smallest absolute Gasteiger partial charge is 0.356 e. The Labute approximate surface area is 173 Å².